The normalized spacial score (nSPS) is 11.2. The average Bonchev–Trinajstić information content (AvgIpc) is 2.41. The van der Waals surface area contributed by atoms with Gasteiger partial charge in [-0.05, 0) is 37.6 Å². The first-order valence-electron chi connectivity index (χ1n) is 6.55. The third-order valence-electron chi connectivity index (χ3n) is 3.34. The highest BCUT2D eigenvalue weighted by atomic mass is 35.5. The molecule has 1 aromatic heterocycles. The van der Waals surface area contributed by atoms with Crippen LogP contribution in [0.25, 0.3) is 0 Å². The minimum atomic E-state index is -0.545. The monoisotopic (exact) mass is 304 g/mol. The van der Waals surface area contributed by atoms with Gasteiger partial charge < -0.3 is 9.88 Å². The molecule has 0 aliphatic heterocycles. The van der Waals surface area contributed by atoms with Crippen molar-refractivity contribution in [2.75, 3.05) is 0 Å². The number of carbonyl (C=O) groups excluding carboxylic acids is 1. The predicted octanol–water partition coefficient (Wildman–Crippen LogP) is 2.70. The summed E-state index contributed by atoms with van der Waals surface area (Å²) < 4.78 is 1.38. The summed E-state index contributed by atoms with van der Waals surface area (Å²) in [4.78, 5) is 23.7. The second-order valence-corrected chi connectivity index (χ2v) is 5.89. The maximum absolute atomic E-state index is 12.3. The number of hydrogen-bond acceptors (Lipinski definition) is 2. The van der Waals surface area contributed by atoms with Crippen LogP contribution in [0.1, 0.15) is 29.8 Å². The van der Waals surface area contributed by atoms with Gasteiger partial charge in [0.2, 0.25) is 5.56 Å². The minimum absolute atomic E-state index is 0.150. The summed E-state index contributed by atoms with van der Waals surface area (Å²) in [5, 5.41) is 3.61. The molecule has 1 aromatic carbocycles. The summed E-state index contributed by atoms with van der Waals surface area (Å²) in [5.74, 6) is -0.231. The van der Waals surface area contributed by atoms with Crippen molar-refractivity contribution in [1.82, 2.24) is 9.88 Å². The van der Waals surface area contributed by atoms with E-state index in [4.69, 9.17) is 11.6 Å². The highest BCUT2D eigenvalue weighted by molar-refractivity contribution is 6.30. The Kier molecular flexibility index (Phi) is 4.19. The van der Waals surface area contributed by atoms with Crippen LogP contribution in [0.15, 0.2) is 47.4 Å². The van der Waals surface area contributed by atoms with E-state index in [2.05, 4.69) is 5.32 Å². The number of rotatable bonds is 3. The van der Waals surface area contributed by atoms with Crippen LogP contribution in [0.4, 0.5) is 0 Å². The molecule has 1 amide bonds. The summed E-state index contributed by atoms with van der Waals surface area (Å²) in [6.45, 7) is 3.83. The molecule has 110 valence electrons. The molecule has 0 aliphatic carbocycles. The van der Waals surface area contributed by atoms with Gasteiger partial charge in [-0.2, -0.15) is 0 Å². The molecule has 21 heavy (non-hydrogen) atoms. The van der Waals surface area contributed by atoms with Crippen molar-refractivity contribution < 1.29 is 4.79 Å². The Labute approximate surface area is 128 Å². The fourth-order valence-electron chi connectivity index (χ4n) is 2.02. The molecule has 0 bridgehead atoms. The standard InChI is InChI=1S/C16H17ClN2O2/c1-16(2,12-5-7-13(17)8-6-12)18-15(21)11-4-9-14(20)19(3)10-11/h4-10H,1-3H3,(H,18,21). The Bertz CT molecular complexity index is 718. The Morgan fingerprint density at radius 3 is 2.33 bits per heavy atom. The number of nitrogens with one attached hydrogen (secondary N) is 1. The highest BCUT2D eigenvalue weighted by Gasteiger charge is 2.23. The largest absolute Gasteiger partial charge is 0.343 e. The maximum atomic E-state index is 12.3. The molecule has 0 saturated carbocycles. The van der Waals surface area contributed by atoms with E-state index >= 15 is 0 Å². The van der Waals surface area contributed by atoms with E-state index in [0.29, 0.717) is 10.6 Å². The van der Waals surface area contributed by atoms with Crippen molar-refractivity contribution in [3.63, 3.8) is 0 Å². The molecule has 0 aliphatic rings. The van der Waals surface area contributed by atoms with E-state index in [-0.39, 0.29) is 11.5 Å². The van der Waals surface area contributed by atoms with E-state index in [9.17, 15) is 9.59 Å². The molecule has 0 unspecified atom stereocenters. The number of halogens is 1. The van der Waals surface area contributed by atoms with Crippen molar-refractivity contribution in [2.24, 2.45) is 7.05 Å². The molecule has 1 heterocycles. The summed E-state index contributed by atoms with van der Waals surface area (Å²) in [6, 6.07) is 10.2. The zero-order chi connectivity index (χ0) is 15.6. The van der Waals surface area contributed by atoms with Crippen molar-refractivity contribution in [1.29, 1.82) is 0 Å². The lowest BCUT2D eigenvalue weighted by atomic mass is 9.94. The topological polar surface area (TPSA) is 51.1 Å². The Hall–Kier alpha value is -2.07. The zero-order valence-corrected chi connectivity index (χ0v) is 12.9. The number of aryl methyl sites for hydroxylation is 1. The molecule has 4 nitrogen and oxygen atoms in total. The van der Waals surface area contributed by atoms with Crippen molar-refractivity contribution in [3.8, 4) is 0 Å². The summed E-state index contributed by atoms with van der Waals surface area (Å²) in [5.41, 5.74) is 0.698. The van der Waals surface area contributed by atoms with E-state index in [1.54, 1.807) is 19.2 Å². The Morgan fingerprint density at radius 1 is 1.14 bits per heavy atom. The fourth-order valence-corrected chi connectivity index (χ4v) is 2.15. The maximum Gasteiger partial charge on any atom is 0.253 e. The number of amides is 1. The molecule has 0 fully saturated rings. The molecular weight excluding hydrogens is 288 g/mol. The van der Waals surface area contributed by atoms with Gasteiger partial charge >= 0.3 is 0 Å². The van der Waals surface area contributed by atoms with E-state index < -0.39 is 5.54 Å². The first kappa shape index (κ1) is 15.3. The molecule has 2 aromatic rings. The number of carbonyl (C=O) groups is 1. The van der Waals surface area contributed by atoms with Gasteiger partial charge in [-0.1, -0.05) is 23.7 Å². The van der Waals surface area contributed by atoms with Gasteiger partial charge in [0, 0.05) is 24.3 Å². The van der Waals surface area contributed by atoms with Crippen LogP contribution in [0.2, 0.25) is 5.02 Å². The van der Waals surface area contributed by atoms with Crippen LogP contribution in [-0.4, -0.2) is 10.5 Å². The number of benzene rings is 1. The molecule has 2 rings (SSSR count). The summed E-state index contributed by atoms with van der Waals surface area (Å²) >= 11 is 5.88. The van der Waals surface area contributed by atoms with Crippen LogP contribution in [0, 0.1) is 0 Å². The summed E-state index contributed by atoms with van der Waals surface area (Å²) in [6.07, 6.45) is 1.52. The van der Waals surface area contributed by atoms with Crippen LogP contribution in [-0.2, 0) is 12.6 Å². The lowest BCUT2D eigenvalue weighted by molar-refractivity contribution is 0.0911. The predicted molar refractivity (Wildman–Crippen MR) is 83.6 cm³/mol. The second-order valence-electron chi connectivity index (χ2n) is 5.45. The number of nitrogens with zero attached hydrogens (tertiary/aromatic N) is 1. The van der Waals surface area contributed by atoms with E-state index in [0.717, 1.165) is 5.56 Å². The fraction of sp³-hybridized carbons (Fsp3) is 0.250. The molecule has 5 heteroatoms. The average molecular weight is 305 g/mol. The number of hydrogen-bond donors (Lipinski definition) is 1. The molecule has 0 saturated heterocycles. The van der Waals surface area contributed by atoms with Gasteiger partial charge in [-0.15, -0.1) is 0 Å². The van der Waals surface area contributed by atoms with Gasteiger partial charge in [0.25, 0.3) is 5.91 Å². The SMILES string of the molecule is Cn1cc(C(=O)NC(C)(C)c2ccc(Cl)cc2)ccc1=O. The van der Waals surface area contributed by atoms with E-state index in [1.807, 2.05) is 26.0 Å². The number of aromatic nitrogens is 1. The van der Waals surface area contributed by atoms with Crippen LogP contribution >= 0.6 is 11.6 Å². The lowest BCUT2D eigenvalue weighted by Gasteiger charge is -2.27. The first-order chi connectivity index (χ1) is 9.79. The van der Waals surface area contributed by atoms with Gasteiger partial charge in [0.15, 0.2) is 0 Å². The zero-order valence-electron chi connectivity index (χ0n) is 12.2. The first-order valence-corrected chi connectivity index (χ1v) is 6.92. The van der Waals surface area contributed by atoms with Gasteiger partial charge in [0.05, 0.1) is 11.1 Å². The number of pyridine rings is 1. The van der Waals surface area contributed by atoms with Crippen LogP contribution < -0.4 is 10.9 Å². The van der Waals surface area contributed by atoms with E-state index in [1.165, 1.54) is 22.9 Å². The quantitative estimate of drug-likeness (QED) is 0.948. The molecule has 0 spiro atoms. The second kappa shape index (κ2) is 5.74. The molecule has 1 N–H and O–H groups in total. The van der Waals surface area contributed by atoms with Gasteiger partial charge in [-0.3, -0.25) is 9.59 Å². The smallest absolute Gasteiger partial charge is 0.253 e. The molecule has 0 atom stereocenters. The van der Waals surface area contributed by atoms with Crippen molar-refractivity contribution in [2.45, 2.75) is 19.4 Å². The van der Waals surface area contributed by atoms with Crippen LogP contribution in [0.3, 0.4) is 0 Å². The van der Waals surface area contributed by atoms with Gasteiger partial charge in [-0.25, -0.2) is 0 Å². The molecule has 0 radical (unpaired) electrons. The van der Waals surface area contributed by atoms with Crippen molar-refractivity contribution >= 4 is 17.5 Å². The lowest BCUT2D eigenvalue weighted by Crippen LogP contribution is -2.41. The highest BCUT2D eigenvalue weighted by Crippen LogP contribution is 2.22. The Balaban J connectivity index is 2.22. The third kappa shape index (κ3) is 3.52. The Morgan fingerprint density at radius 2 is 1.76 bits per heavy atom. The van der Waals surface area contributed by atoms with Gasteiger partial charge in [0.1, 0.15) is 0 Å². The van der Waals surface area contributed by atoms with Crippen LogP contribution in [0.5, 0.6) is 0 Å². The third-order valence-corrected chi connectivity index (χ3v) is 3.59. The minimum Gasteiger partial charge on any atom is -0.343 e. The molecular formula is C16H17ClN2O2. The van der Waals surface area contributed by atoms with Crippen molar-refractivity contribution in [3.05, 3.63) is 69.1 Å². The summed E-state index contributed by atoms with van der Waals surface area (Å²) in [7, 11) is 1.61.